The van der Waals surface area contributed by atoms with Crippen molar-refractivity contribution in [1.82, 2.24) is 0 Å². The van der Waals surface area contributed by atoms with E-state index >= 15 is 0 Å². The summed E-state index contributed by atoms with van der Waals surface area (Å²) < 4.78 is 40.2. The molecule has 0 saturated carbocycles. The summed E-state index contributed by atoms with van der Waals surface area (Å²) in [5, 5.41) is 1.09. The number of fused-ring (bicyclic) bond motifs is 1. The van der Waals surface area contributed by atoms with Gasteiger partial charge in [-0.15, -0.1) is 23.1 Å². The third-order valence-electron chi connectivity index (χ3n) is 3.25. The van der Waals surface area contributed by atoms with Crippen molar-refractivity contribution in [3.8, 4) is 11.1 Å². The van der Waals surface area contributed by atoms with Crippen LogP contribution in [0.25, 0.3) is 21.2 Å². The SMILES string of the molecule is CSc1sc2ccccc2c1-c1ccc(C(F)(F)F)cc1. The molecule has 5 heteroatoms. The number of benzene rings is 2. The van der Waals surface area contributed by atoms with Crippen molar-refractivity contribution < 1.29 is 13.2 Å². The smallest absolute Gasteiger partial charge is 0.166 e. The topological polar surface area (TPSA) is 0 Å². The summed E-state index contributed by atoms with van der Waals surface area (Å²) in [5.74, 6) is 0. The number of rotatable bonds is 2. The fourth-order valence-corrected chi connectivity index (χ4v) is 4.26. The van der Waals surface area contributed by atoms with Crippen LogP contribution in [0.2, 0.25) is 0 Å². The van der Waals surface area contributed by atoms with Gasteiger partial charge in [-0.05, 0) is 30.0 Å². The quantitative estimate of drug-likeness (QED) is 0.498. The first-order chi connectivity index (χ1) is 10.0. The Balaban J connectivity index is 2.16. The highest BCUT2D eigenvalue weighted by molar-refractivity contribution is 8.00. The fraction of sp³-hybridized carbons (Fsp3) is 0.125. The van der Waals surface area contributed by atoms with Gasteiger partial charge < -0.3 is 0 Å². The molecule has 0 spiro atoms. The van der Waals surface area contributed by atoms with Crippen LogP contribution in [0.1, 0.15) is 5.56 Å². The van der Waals surface area contributed by atoms with E-state index in [0.29, 0.717) is 0 Å². The van der Waals surface area contributed by atoms with Gasteiger partial charge in [0.1, 0.15) is 0 Å². The third kappa shape index (κ3) is 2.68. The lowest BCUT2D eigenvalue weighted by atomic mass is 10.0. The summed E-state index contributed by atoms with van der Waals surface area (Å²) in [4.78, 5) is 0. The summed E-state index contributed by atoms with van der Waals surface area (Å²) in [6, 6.07) is 13.4. The fourth-order valence-electron chi connectivity index (χ4n) is 2.27. The van der Waals surface area contributed by atoms with Gasteiger partial charge in [0.05, 0.1) is 9.77 Å². The second-order valence-corrected chi connectivity index (χ2v) is 6.67. The highest BCUT2D eigenvalue weighted by atomic mass is 32.2. The molecule has 21 heavy (non-hydrogen) atoms. The Kier molecular flexibility index (Phi) is 3.71. The number of hydrogen-bond acceptors (Lipinski definition) is 2. The molecular formula is C16H11F3S2. The molecule has 108 valence electrons. The van der Waals surface area contributed by atoms with Crippen molar-refractivity contribution in [2.75, 3.05) is 6.26 Å². The summed E-state index contributed by atoms with van der Waals surface area (Å²) in [5.41, 5.74) is 1.23. The van der Waals surface area contributed by atoms with Gasteiger partial charge in [0.2, 0.25) is 0 Å². The van der Waals surface area contributed by atoms with Crippen LogP contribution in [-0.4, -0.2) is 6.26 Å². The van der Waals surface area contributed by atoms with Crippen LogP contribution in [0.5, 0.6) is 0 Å². The molecule has 0 aliphatic heterocycles. The molecule has 0 N–H and O–H groups in total. The largest absolute Gasteiger partial charge is 0.416 e. The van der Waals surface area contributed by atoms with Crippen molar-refractivity contribution in [2.24, 2.45) is 0 Å². The predicted molar refractivity (Wildman–Crippen MR) is 84.0 cm³/mol. The molecule has 3 rings (SSSR count). The lowest BCUT2D eigenvalue weighted by Gasteiger charge is -2.08. The molecular weight excluding hydrogens is 313 g/mol. The van der Waals surface area contributed by atoms with Crippen molar-refractivity contribution in [3.63, 3.8) is 0 Å². The Labute approximate surface area is 128 Å². The van der Waals surface area contributed by atoms with E-state index in [9.17, 15) is 13.2 Å². The Bertz CT molecular complexity index is 770. The zero-order chi connectivity index (χ0) is 15.0. The highest BCUT2D eigenvalue weighted by Crippen LogP contribution is 2.43. The number of halogens is 3. The average Bonchev–Trinajstić information content (AvgIpc) is 2.85. The van der Waals surface area contributed by atoms with E-state index < -0.39 is 11.7 Å². The van der Waals surface area contributed by atoms with Gasteiger partial charge in [0.25, 0.3) is 0 Å². The number of thioether (sulfide) groups is 1. The van der Waals surface area contributed by atoms with E-state index in [1.165, 1.54) is 0 Å². The minimum absolute atomic E-state index is 0.614. The molecule has 0 radical (unpaired) electrons. The predicted octanol–water partition coefficient (Wildman–Crippen LogP) is 6.31. The van der Waals surface area contributed by atoms with Crippen molar-refractivity contribution >= 4 is 33.2 Å². The standard InChI is InChI=1S/C16H11F3S2/c1-20-15-14(12-4-2-3-5-13(12)21-15)10-6-8-11(9-7-10)16(17,18)19/h2-9H,1H3. The molecule has 0 bridgehead atoms. The monoisotopic (exact) mass is 324 g/mol. The summed E-state index contributed by atoms with van der Waals surface area (Å²) >= 11 is 3.29. The molecule has 0 aliphatic carbocycles. The lowest BCUT2D eigenvalue weighted by Crippen LogP contribution is -2.03. The summed E-state index contributed by atoms with van der Waals surface area (Å²) in [7, 11) is 0. The van der Waals surface area contributed by atoms with Gasteiger partial charge in [-0.3, -0.25) is 0 Å². The van der Waals surface area contributed by atoms with Crippen LogP contribution in [0, 0.1) is 0 Å². The van der Waals surface area contributed by atoms with Crippen molar-refractivity contribution in [3.05, 3.63) is 54.1 Å². The molecule has 3 aromatic rings. The van der Waals surface area contributed by atoms with Crippen LogP contribution >= 0.6 is 23.1 Å². The van der Waals surface area contributed by atoms with E-state index in [4.69, 9.17) is 0 Å². The molecule has 0 aliphatic rings. The Hall–Kier alpha value is -1.46. The summed E-state index contributed by atoms with van der Waals surface area (Å²) in [6.07, 6.45) is -2.31. The molecule has 0 atom stereocenters. The van der Waals surface area contributed by atoms with Crippen LogP contribution in [0.4, 0.5) is 13.2 Å². The van der Waals surface area contributed by atoms with E-state index in [1.807, 2.05) is 30.5 Å². The van der Waals surface area contributed by atoms with Gasteiger partial charge in [0, 0.05) is 15.6 Å². The molecule has 0 nitrogen and oxygen atoms in total. The average molecular weight is 324 g/mol. The van der Waals surface area contributed by atoms with Gasteiger partial charge in [0.15, 0.2) is 0 Å². The third-order valence-corrected chi connectivity index (χ3v) is 5.54. The Morgan fingerprint density at radius 1 is 0.952 bits per heavy atom. The number of thiophene rings is 1. The van der Waals surface area contributed by atoms with E-state index in [0.717, 1.165) is 37.6 Å². The first kappa shape index (κ1) is 14.5. The minimum Gasteiger partial charge on any atom is -0.166 e. The van der Waals surface area contributed by atoms with Gasteiger partial charge in [-0.2, -0.15) is 13.2 Å². The molecule has 0 saturated heterocycles. The number of alkyl halides is 3. The Morgan fingerprint density at radius 3 is 2.24 bits per heavy atom. The second kappa shape index (κ2) is 5.39. The Morgan fingerprint density at radius 2 is 1.62 bits per heavy atom. The van der Waals surface area contributed by atoms with E-state index in [-0.39, 0.29) is 0 Å². The molecule has 1 aromatic heterocycles. The first-order valence-electron chi connectivity index (χ1n) is 6.24. The maximum Gasteiger partial charge on any atom is 0.416 e. The molecule has 1 heterocycles. The van der Waals surface area contributed by atoms with Crippen molar-refractivity contribution in [2.45, 2.75) is 10.4 Å². The van der Waals surface area contributed by atoms with Crippen molar-refractivity contribution in [1.29, 1.82) is 0 Å². The van der Waals surface area contributed by atoms with E-state index in [2.05, 4.69) is 0 Å². The van der Waals surface area contributed by atoms with Crippen LogP contribution < -0.4 is 0 Å². The highest BCUT2D eigenvalue weighted by Gasteiger charge is 2.30. The van der Waals surface area contributed by atoms with E-state index in [1.54, 1.807) is 35.2 Å². The molecule has 2 aromatic carbocycles. The van der Waals surface area contributed by atoms with Gasteiger partial charge in [-0.25, -0.2) is 0 Å². The zero-order valence-electron chi connectivity index (χ0n) is 11.1. The molecule has 0 fully saturated rings. The summed E-state index contributed by atoms with van der Waals surface area (Å²) in [6.45, 7) is 0. The first-order valence-corrected chi connectivity index (χ1v) is 8.28. The van der Waals surface area contributed by atoms with Gasteiger partial charge in [-0.1, -0.05) is 30.3 Å². The van der Waals surface area contributed by atoms with Crippen LogP contribution in [-0.2, 0) is 6.18 Å². The molecule has 0 unspecified atom stereocenters. The maximum atomic E-state index is 12.7. The zero-order valence-corrected chi connectivity index (χ0v) is 12.7. The lowest BCUT2D eigenvalue weighted by molar-refractivity contribution is -0.137. The minimum atomic E-state index is -4.29. The normalized spacial score (nSPS) is 12.0. The molecule has 0 amide bonds. The van der Waals surface area contributed by atoms with Gasteiger partial charge >= 0.3 is 6.18 Å². The maximum absolute atomic E-state index is 12.7. The van der Waals surface area contributed by atoms with Crippen LogP contribution in [0.15, 0.2) is 52.7 Å². The number of hydrogen-bond donors (Lipinski definition) is 0. The van der Waals surface area contributed by atoms with Crippen LogP contribution in [0.3, 0.4) is 0 Å². The second-order valence-electron chi connectivity index (χ2n) is 4.54.